The molecule has 1 fully saturated rings. The van der Waals surface area contributed by atoms with Gasteiger partial charge in [-0.2, -0.15) is 0 Å². The van der Waals surface area contributed by atoms with Gasteiger partial charge in [-0.15, -0.1) is 0 Å². The van der Waals surface area contributed by atoms with Gasteiger partial charge in [-0.1, -0.05) is 24.6 Å². The number of nitrogens with one attached hydrogen (secondary N) is 1. The molecule has 1 N–H and O–H groups in total. The van der Waals surface area contributed by atoms with Crippen molar-refractivity contribution in [2.45, 2.75) is 26.7 Å². The van der Waals surface area contributed by atoms with E-state index in [9.17, 15) is 9.59 Å². The third-order valence-electron chi connectivity index (χ3n) is 3.82. The predicted molar refractivity (Wildman–Crippen MR) is 78.5 cm³/mol. The van der Waals surface area contributed by atoms with Gasteiger partial charge in [0.1, 0.15) is 0 Å². The van der Waals surface area contributed by atoms with Gasteiger partial charge < -0.3 is 10.2 Å². The van der Waals surface area contributed by atoms with Gasteiger partial charge in [0.15, 0.2) is 0 Å². The van der Waals surface area contributed by atoms with Crippen LogP contribution in [0.3, 0.4) is 0 Å². The highest BCUT2D eigenvalue weighted by Gasteiger charge is 2.20. The maximum Gasteiger partial charge on any atom is 0.251 e. The third kappa shape index (κ3) is 3.83. The Morgan fingerprint density at radius 3 is 2.65 bits per heavy atom. The second-order valence-electron chi connectivity index (χ2n) is 5.62. The highest BCUT2D eigenvalue weighted by molar-refractivity contribution is 5.96. The van der Waals surface area contributed by atoms with Crippen molar-refractivity contribution in [1.29, 1.82) is 0 Å². The Morgan fingerprint density at radius 1 is 1.30 bits per heavy atom. The van der Waals surface area contributed by atoms with Crippen molar-refractivity contribution in [2.75, 3.05) is 19.6 Å². The number of carbonyl (C=O) groups excluding carboxylic acids is 2. The first-order valence-electron chi connectivity index (χ1n) is 7.19. The van der Waals surface area contributed by atoms with Crippen LogP contribution in [-0.4, -0.2) is 36.3 Å². The molecule has 0 unspecified atom stereocenters. The summed E-state index contributed by atoms with van der Waals surface area (Å²) in [6.45, 7) is 5.85. The fourth-order valence-electron chi connectivity index (χ4n) is 2.41. The standard InChI is InChI=1S/C16H22N2O2/c1-12-6-8-18(9-7-12)15(19)11-17-16(20)14-5-3-4-13(2)10-14/h3-5,10,12H,6-9,11H2,1-2H3,(H,17,20). The van der Waals surface area contributed by atoms with Gasteiger partial charge in [0.05, 0.1) is 6.54 Å². The Kier molecular flexibility index (Phi) is 4.77. The zero-order valence-electron chi connectivity index (χ0n) is 12.2. The monoisotopic (exact) mass is 274 g/mol. The number of rotatable bonds is 3. The molecule has 0 saturated carbocycles. The molecule has 1 aromatic rings. The molecule has 1 aliphatic heterocycles. The molecule has 2 amide bonds. The lowest BCUT2D eigenvalue weighted by Crippen LogP contribution is -2.43. The first-order valence-corrected chi connectivity index (χ1v) is 7.19. The van der Waals surface area contributed by atoms with Gasteiger partial charge in [0.2, 0.25) is 5.91 Å². The van der Waals surface area contributed by atoms with Crippen LogP contribution in [0.4, 0.5) is 0 Å². The number of amides is 2. The maximum absolute atomic E-state index is 12.0. The average Bonchev–Trinajstić information content (AvgIpc) is 2.45. The van der Waals surface area contributed by atoms with Crippen molar-refractivity contribution < 1.29 is 9.59 Å². The second-order valence-corrected chi connectivity index (χ2v) is 5.62. The van der Waals surface area contributed by atoms with Gasteiger partial charge in [0, 0.05) is 18.7 Å². The average molecular weight is 274 g/mol. The minimum Gasteiger partial charge on any atom is -0.343 e. The van der Waals surface area contributed by atoms with Gasteiger partial charge >= 0.3 is 0 Å². The van der Waals surface area contributed by atoms with Crippen LogP contribution in [0.15, 0.2) is 24.3 Å². The number of likely N-dealkylation sites (tertiary alicyclic amines) is 1. The first kappa shape index (κ1) is 14.6. The topological polar surface area (TPSA) is 49.4 Å². The van der Waals surface area contributed by atoms with Crippen molar-refractivity contribution in [2.24, 2.45) is 5.92 Å². The maximum atomic E-state index is 12.0. The molecule has 1 heterocycles. The van der Waals surface area contributed by atoms with Crippen LogP contribution in [0.2, 0.25) is 0 Å². The van der Waals surface area contributed by atoms with E-state index >= 15 is 0 Å². The summed E-state index contributed by atoms with van der Waals surface area (Å²) in [6.07, 6.45) is 2.11. The largest absolute Gasteiger partial charge is 0.343 e. The molecule has 20 heavy (non-hydrogen) atoms. The summed E-state index contributed by atoms with van der Waals surface area (Å²) < 4.78 is 0. The summed E-state index contributed by atoms with van der Waals surface area (Å²) >= 11 is 0. The molecule has 1 aromatic carbocycles. The fraction of sp³-hybridized carbons (Fsp3) is 0.500. The van der Waals surface area contributed by atoms with Crippen molar-refractivity contribution in [3.05, 3.63) is 35.4 Å². The van der Waals surface area contributed by atoms with E-state index in [1.165, 1.54) is 0 Å². The van der Waals surface area contributed by atoms with Crippen LogP contribution in [0.1, 0.15) is 35.7 Å². The van der Waals surface area contributed by atoms with Crippen LogP contribution >= 0.6 is 0 Å². The second kappa shape index (κ2) is 6.55. The number of aryl methyl sites for hydroxylation is 1. The Bertz CT molecular complexity index is 491. The molecule has 0 spiro atoms. The molecule has 0 aliphatic carbocycles. The molecule has 0 bridgehead atoms. The molecule has 108 valence electrons. The zero-order chi connectivity index (χ0) is 14.5. The minimum atomic E-state index is -0.188. The summed E-state index contributed by atoms with van der Waals surface area (Å²) in [4.78, 5) is 25.8. The molecule has 0 aromatic heterocycles. The van der Waals surface area contributed by atoms with Gasteiger partial charge in [-0.25, -0.2) is 0 Å². The Morgan fingerprint density at radius 2 is 2.00 bits per heavy atom. The van der Waals surface area contributed by atoms with Crippen molar-refractivity contribution >= 4 is 11.8 Å². The summed E-state index contributed by atoms with van der Waals surface area (Å²) in [7, 11) is 0. The van der Waals surface area contributed by atoms with Gasteiger partial charge in [-0.05, 0) is 37.8 Å². The number of piperidine rings is 1. The van der Waals surface area contributed by atoms with E-state index < -0.39 is 0 Å². The van der Waals surface area contributed by atoms with Gasteiger partial charge in [-0.3, -0.25) is 9.59 Å². The van der Waals surface area contributed by atoms with E-state index in [-0.39, 0.29) is 18.4 Å². The number of hydrogen-bond acceptors (Lipinski definition) is 2. The lowest BCUT2D eigenvalue weighted by Gasteiger charge is -2.30. The smallest absolute Gasteiger partial charge is 0.251 e. The zero-order valence-corrected chi connectivity index (χ0v) is 12.2. The molecular formula is C16H22N2O2. The number of hydrogen-bond donors (Lipinski definition) is 1. The van der Waals surface area contributed by atoms with E-state index in [2.05, 4.69) is 12.2 Å². The van der Waals surface area contributed by atoms with E-state index in [0.29, 0.717) is 11.5 Å². The van der Waals surface area contributed by atoms with Crippen molar-refractivity contribution in [1.82, 2.24) is 10.2 Å². The molecule has 4 heteroatoms. The highest BCUT2D eigenvalue weighted by Crippen LogP contribution is 2.15. The normalized spacial score (nSPS) is 16.0. The van der Waals surface area contributed by atoms with E-state index in [0.717, 1.165) is 31.5 Å². The van der Waals surface area contributed by atoms with Crippen molar-refractivity contribution in [3.63, 3.8) is 0 Å². The molecule has 0 radical (unpaired) electrons. The lowest BCUT2D eigenvalue weighted by molar-refractivity contribution is -0.131. The van der Waals surface area contributed by atoms with Gasteiger partial charge in [0.25, 0.3) is 5.91 Å². The minimum absolute atomic E-state index is 0.0119. The molecule has 4 nitrogen and oxygen atoms in total. The third-order valence-corrected chi connectivity index (χ3v) is 3.82. The van der Waals surface area contributed by atoms with E-state index in [4.69, 9.17) is 0 Å². The Hall–Kier alpha value is -1.84. The summed E-state index contributed by atoms with van der Waals surface area (Å²) in [6, 6.07) is 7.37. The summed E-state index contributed by atoms with van der Waals surface area (Å²) in [5, 5.41) is 2.70. The summed E-state index contributed by atoms with van der Waals surface area (Å²) in [5.41, 5.74) is 1.64. The van der Waals surface area contributed by atoms with Crippen LogP contribution < -0.4 is 5.32 Å². The number of benzene rings is 1. The SMILES string of the molecule is Cc1cccc(C(=O)NCC(=O)N2CCC(C)CC2)c1. The van der Waals surface area contributed by atoms with E-state index in [1.54, 1.807) is 6.07 Å². The van der Waals surface area contributed by atoms with Crippen LogP contribution in [0, 0.1) is 12.8 Å². The van der Waals surface area contributed by atoms with Crippen LogP contribution in [-0.2, 0) is 4.79 Å². The van der Waals surface area contributed by atoms with Crippen molar-refractivity contribution in [3.8, 4) is 0 Å². The fourth-order valence-corrected chi connectivity index (χ4v) is 2.41. The van der Waals surface area contributed by atoms with Crippen LogP contribution in [0.5, 0.6) is 0 Å². The number of carbonyl (C=O) groups is 2. The Balaban J connectivity index is 1.82. The number of nitrogens with zero attached hydrogens (tertiary/aromatic N) is 1. The molecule has 1 saturated heterocycles. The Labute approximate surface area is 120 Å². The predicted octanol–water partition coefficient (Wildman–Crippen LogP) is 1.98. The molecule has 0 atom stereocenters. The molecule has 2 rings (SSSR count). The van der Waals surface area contributed by atoms with E-state index in [1.807, 2.05) is 30.0 Å². The molecular weight excluding hydrogens is 252 g/mol. The van der Waals surface area contributed by atoms with Crippen LogP contribution in [0.25, 0.3) is 0 Å². The lowest BCUT2D eigenvalue weighted by atomic mass is 9.99. The summed E-state index contributed by atoms with van der Waals surface area (Å²) in [5.74, 6) is 0.520. The first-order chi connectivity index (χ1) is 9.56. The molecule has 1 aliphatic rings. The quantitative estimate of drug-likeness (QED) is 0.916. The highest BCUT2D eigenvalue weighted by atomic mass is 16.2.